The third kappa shape index (κ3) is 5.80. The molecule has 2 aromatic carbocycles. The average Bonchev–Trinajstić information content (AvgIpc) is 2.53. The van der Waals surface area contributed by atoms with E-state index in [0.29, 0.717) is 9.79 Å². The number of hydrogen-bond donors (Lipinski definition) is 0. The summed E-state index contributed by atoms with van der Waals surface area (Å²) in [5.41, 5.74) is 3.14. The molecule has 0 unspecified atom stereocenters. The van der Waals surface area contributed by atoms with Crippen LogP contribution in [0.2, 0.25) is 0 Å². The smallest absolute Gasteiger partial charge is 0.00489 e. The molecule has 0 atom stereocenters. The highest BCUT2D eigenvalue weighted by molar-refractivity contribution is 7.99. The van der Waals surface area contributed by atoms with E-state index in [1.54, 1.807) is 0 Å². The molecule has 31 heavy (non-hydrogen) atoms. The van der Waals surface area contributed by atoms with Crippen molar-refractivity contribution in [2.75, 3.05) is 0 Å². The Morgan fingerprint density at radius 1 is 0.484 bits per heavy atom. The molecule has 0 N–H and O–H groups in total. The lowest BCUT2D eigenvalue weighted by molar-refractivity contribution is -0.274. The van der Waals surface area contributed by atoms with Gasteiger partial charge in [0, 0.05) is 9.79 Å². The van der Waals surface area contributed by atoms with Gasteiger partial charge in [-0.2, -0.15) is 0 Å². The first-order valence-electron chi connectivity index (χ1n) is 11.1. The summed E-state index contributed by atoms with van der Waals surface area (Å²) in [5.74, 6) is 0.0618. The predicted octanol–water partition coefficient (Wildman–Crippen LogP) is 7.18. The van der Waals surface area contributed by atoms with E-state index in [0.717, 1.165) is 22.3 Å². The minimum absolute atomic E-state index is 0.0309. The van der Waals surface area contributed by atoms with Gasteiger partial charge < -0.3 is 10.2 Å². The molecule has 2 rings (SSSR count). The summed E-state index contributed by atoms with van der Waals surface area (Å²) in [4.78, 5) is 1.28. The van der Waals surface area contributed by atoms with Gasteiger partial charge in [-0.15, -0.1) is 0 Å². The molecule has 0 aliphatic heterocycles. The molecule has 2 nitrogen and oxygen atoms in total. The Bertz CT molecular complexity index is 879. The van der Waals surface area contributed by atoms with E-state index in [-0.39, 0.29) is 33.2 Å². The Hall–Kier alpha value is -1.61. The van der Waals surface area contributed by atoms with Crippen LogP contribution in [-0.2, 0) is 21.7 Å². The molecule has 0 aromatic heterocycles. The summed E-state index contributed by atoms with van der Waals surface area (Å²) in [6, 6.07) is 8.08. The van der Waals surface area contributed by atoms with Crippen LogP contribution in [0.3, 0.4) is 0 Å². The molecule has 0 aliphatic carbocycles. The van der Waals surface area contributed by atoms with Crippen molar-refractivity contribution in [3.63, 3.8) is 0 Å². The van der Waals surface area contributed by atoms with Crippen LogP contribution in [0.4, 0.5) is 0 Å². The van der Waals surface area contributed by atoms with Crippen LogP contribution >= 0.6 is 11.8 Å². The summed E-state index contributed by atoms with van der Waals surface area (Å²) in [6.07, 6.45) is 0. The van der Waals surface area contributed by atoms with Crippen LogP contribution in [0, 0.1) is 0 Å². The number of benzene rings is 2. The molecule has 0 saturated heterocycles. The van der Waals surface area contributed by atoms with E-state index >= 15 is 0 Å². The van der Waals surface area contributed by atoms with Crippen LogP contribution in [-0.4, -0.2) is 0 Å². The fourth-order valence-electron chi connectivity index (χ4n) is 3.45. The van der Waals surface area contributed by atoms with E-state index in [2.05, 4.69) is 95.2 Å². The van der Waals surface area contributed by atoms with Gasteiger partial charge in [-0.1, -0.05) is 118 Å². The normalized spacial score (nSPS) is 13.5. The van der Waals surface area contributed by atoms with Crippen molar-refractivity contribution < 1.29 is 10.2 Å². The number of hydrogen-bond acceptors (Lipinski definition) is 3. The van der Waals surface area contributed by atoms with Crippen molar-refractivity contribution >= 4 is 11.8 Å². The third-order valence-corrected chi connectivity index (χ3v) is 6.72. The van der Waals surface area contributed by atoms with Gasteiger partial charge in [-0.25, -0.2) is 0 Å². The van der Waals surface area contributed by atoms with Gasteiger partial charge in [-0.3, -0.25) is 0 Å². The van der Waals surface area contributed by atoms with Crippen molar-refractivity contribution in [2.24, 2.45) is 0 Å². The molecule has 0 amide bonds. The lowest BCUT2D eigenvalue weighted by Gasteiger charge is -2.34. The second-order valence-corrected chi connectivity index (χ2v) is 13.9. The van der Waals surface area contributed by atoms with Gasteiger partial charge in [0.15, 0.2) is 0 Å². The van der Waals surface area contributed by atoms with Crippen molar-refractivity contribution in [2.45, 2.75) is 115 Å². The maximum absolute atomic E-state index is 13.5. The molecule has 0 aliphatic rings. The molecule has 3 heteroatoms. The fourth-order valence-corrected chi connectivity index (χ4v) is 4.47. The summed E-state index contributed by atoms with van der Waals surface area (Å²) in [5, 5.41) is 26.9. The Morgan fingerprint density at radius 2 is 0.774 bits per heavy atom. The predicted molar refractivity (Wildman–Crippen MR) is 131 cm³/mol. The molecule has 0 bridgehead atoms. The third-order valence-electron chi connectivity index (χ3n) is 5.68. The van der Waals surface area contributed by atoms with E-state index in [1.807, 2.05) is 12.1 Å². The van der Waals surface area contributed by atoms with Gasteiger partial charge >= 0.3 is 0 Å². The van der Waals surface area contributed by atoms with E-state index in [9.17, 15) is 10.2 Å². The van der Waals surface area contributed by atoms with Gasteiger partial charge in [0.05, 0.1) is 0 Å². The number of rotatable bonds is 2. The van der Waals surface area contributed by atoms with Crippen LogP contribution < -0.4 is 10.2 Å². The minimum Gasteiger partial charge on any atom is -0.871 e. The first-order valence-corrected chi connectivity index (χ1v) is 11.9. The highest BCUT2D eigenvalue weighted by atomic mass is 32.2. The molecule has 0 heterocycles. The van der Waals surface area contributed by atoms with Crippen molar-refractivity contribution in [1.29, 1.82) is 0 Å². The fraction of sp³-hybridized carbons (Fsp3) is 0.571. The van der Waals surface area contributed by atoms with Gasteiger partial charge in [0.2, 0.25) is 0 Å². The highest BCUT2D eigenvalue weighted by Crippen LogP contribution is 2.47. The van der Waals surface area contributed by atoms with Gasteiger partial charge in [0.1, 0.15) is 0 Å². The lowest BCUT2D eigenvalue weighted by atomic mass is 9.80. The van der Waals surface area contributed by atoms with Crippen molar-refractivity contribution in [3.8, 4) is 11.5 Å². The molecule has 0 fully saturated rings. The van der Waals surface area contributed by atoms with Gasteiger partial charge in [-0.05, 0) is 56.0 Å². The minimum atomic E-state index is -0.266. The van der Waals surface area contributed by atoms with Crippen molar-refractivity contribution in [1.82, 2.24) is 0 Å². The SMILES string of the molecule is CC(C)(C)c1cc(Sc2cc(C(C)(C)C)cc(C(C)(C)C)c2[O-])c([O-])c(C(C)(C)C)c1. The Morgan fingerprint density at radius 3 is 1.00 bits per heavy atom. The average molecular weight is 441 g/mol. The van der Waals surface area contributed by atoms with E-state index in [4.69, 9.17) is 0 Å². The molecule has 0 saturated carbocycles. The zero-order valence-electron chi connectivity index (χ0n) is 21.5. The monoisotopic (exact) mass is 440 g/mol. The van der Waals surface area contributed by atoms with Gasteiger partial charge in [0.25, 0.3) is 0 Å². The summed E-state index contributed by atoms with van der Waals surface area (Å²) in [7, 11) is 0. The van der Waals surface area contributed by atoms with Crippen LogP contribution in [0.15, 0.2) is 34.1 Å². The maximum Gasteiger partial charge on any atom is 0.00489 e. The van der Waals surface area contributed by atoms with Crippen molar-refractivity contribution in [3.05, 3.63) is 46.5 Å². The lowest BCUT2D eigenvalue weighted by Crippen LogP contribution is -2.20. The molecule has 0 spiro atoms. The van der Waals surface area contributed by atoms with Crippen LogP contribution in [0.25, 0.3) is 0 Å². The summed E-state index contributed by atoms with van der Waals surface area (Å²) in [6.45, 7) is 25.4. The Labute approximate surface area is 194 Å². The highest BCUT2D eigenvalue weighted by Gasteiger charge is 2.24. The Kier molecular flexibility index (Phi) is 6.67. The molecule has 0 radical (unpaired) electrons. The molecular formula is C28H40O2S-2. The first kappa shape index (κ1) is 25.6. The van der Waals surface area contributed by atoms with Crippen LogP contribution in [0.5, 0.6) is 11.5 Å². The molecule has 172 valence electrons. The second kappa shape index (κ2) is 8.06. The summed E-state index contributed by atoms with van der Waals surface area (Å²) < 4.78 is 0. The molecular weight excluding hydrogens is 400 g/mol. The second-order valence-electron chi connectivity index (χ2n) is 12.8. The molecule has 2 aromatic rings. The summed E-state index contributed by atoms with van der Waals surface area (Å²) >= 11 is 1.34. The Balaban J connectivity index is 2.78. The standard InChI is InChI=1S/C28H42O2S/c1-25(2,3)17-13-19(27(7,8)9)23(29)21(15-17)31-22-16-18(26(4,5)6)14-20(24(22)30)28(10,11)12/h13-16,29-30H,1-12H3/p-2. The first-order chi connectivity index (χ1) is 13.7. The quantitative estimate of drug-likeness (QED) is 0.497. The largest absolute Gasteiger partial charge is 0.871 e. The zero-order chi connectivity index (χ0) is 24.2. The topological polar surface area (TPSA) is 46.1 Å². The van der Waals surface area contributed by atoms with E-state index in [1.165, 1.54) is 11.8 Å². The van der Waals surface area contributed by atoms with Crippen LogP contribution in [0.1, 0.15) is 105 Å². The zero-order valence-corrected chi connectivity index (χ0v) is 22.4. The maximum atomic E-state index is 13.5. The van der Waals surface area contributed by atoms with E-state index < -0.39 is 0 Å².